The van der Waals surface area contributed by atoms with Gasteiger partial charge in [-0.25, -0.2) is 13.1 Å². The molecular weight excluding hydrogens is 274 g/mol. The number of sulfonamides is 1. The van der Waals surface area contributed by atoms with Crippen molar-refractivity contribution >= 4 is 10.0 Å². The highest BCUT2D eigenvalue weighted by molar-refractivity contribution is 7.89. The zero-order chi connectivity index (χ0) is 14.6. The van der Waals surface area contributed by atoms with Crippen LogP contribution in [0.3, 0.4) is 0 Å². The van der Waals surface area contributed by atoms with Gasteiger partial charge >= 0.3 is 0 Å². The van der Waals surface area contributed by atoms with Gasteiger partial charge in [0, 0.05) is 6.04 Å². The Morgan fingerprint density at radius 2 is 1.85 bits per heavy atom. The lowest BCUT2D eigenvalue weighted by Crippen LogP contribution is -2.41. The van der Waals surface area contributed by atoms with E-state index in [-0.39, 0.29) is 6.04 Å². The predicted octanol–water partition coefficient (Wildman–Crippen LogP) is 2.94. The van der Waals surface area contributed by atoms with Gasteiger partial charge in [0.1, 0.15) is 5.75 Å². The maximum atomic E-state index is 12.4. The molecule has 1 aliphatic carbocycles. The Morgan fingerprint density at radius 3 is 2.45 bits per heavy atom. The molecule has 0 amide bonds. The summed E-state index contributed by atoms with van der Waals surface area (Å²) in [6.07, 6.45) is 5.39. The molecule has 1 aromatic carbocycles. The van der Waals surface area contributed by atoms with Gasteiger partial charge in [0.2, 0.25) is 10.0 Å². The highest BCUT2D eigenvalue weighted by Crippen LogP contribution is 2.28. The molecule has 1 aliphatic rings. The lowest BCUT2D eigenvalue weighted by molar-refractivity contribution is 0.282. The first-order valence-corrected chi connectivity index (χ1v) is 8.71. The van der Waals surface area contributed by atoms with E-state index in [1.807, 2.05) is 0 Å². The Balaban J connectivity index is 2.12. The molecule has 0 aromatic heterocycles. The Kier molecular flexibility index (Phi) is 5.05. The van der Waals surface area contributed by atoms with Crippen LogP contribution < -0.4 is 9.46 Å². The maximum Gasteiger partial charge on any atom is 0.240 e. The van der Waals surface area contributed by atoms with Gasteiger partial charge in [-0.3, -0.25) is 0 Å². The SMILES string of the molecule is CCC1CCCCC1NS(=O)(=O)c1ccc(OC)cc1. The second-order valence-corrected chi connectivity index (χ2v) is 7.07. The van der Waals surface area contributed by atoms with Crippen molar-refractivity contribution in [3.8, 4) is 5.75 Å². The average molecular weight is 297 g/mol. The van der Waals surface area contributed by atoms with Crippen LogP contribution in [0, 0.1) is 5.92 Å². The number of rotatable bonds is 5. The van der Waals surface area contributed by atoms with Crippen molar-refractivity contribution in [3.05, 3.63) is 24.3 Å². The summed E-state index contributed by atoms with van der Waals surface area (Å²) in [5.74, 6) is 1.12. The summed E-state index contributed by atoms with van der Waals surface area (Å²) in [7, 11) is -1.87. The molecule has 112 valence electrons. The lowest BCUT2D eigenvalue weighted by atomic mass is 9.83. The zero-order valence-corrected chi connectivity index (χ0v) is 12.9. The fourth-order valence-corrected chi connectivity index (χ4v) is 4.21. The number of hydrogen-bond acceptors (Lipinski definition) is 3. The number of hydrogen-bond donors (Lipinski definition) is 1. The van der Waals surface area contributed by atoms with Gasteiger partial charge in [0.25, 0.3) is 0 Å². The molecule has 1 aromatic rings. The summed E-state index contributed by atoms with van der Waals surface area (Å²) >= 11 is 0. The van der Waals surface area contributed by atoms with Gasteiger partial charge < -0.3 is 4.74 Å². The van der Waals surface area contributed by atoms with E-state index < -0.39 is 10.0 Å². The molecule has 0 spiro atoms. The molecule has 5 heteroatoms. The second kappa shape index (κ2) is 6.59. The van der Waals surface area contributed by atoms with Gasteiger partial charge in [0.15, 0.2) is 0 Å². The first-order valence-electron chi connectivity index (χ1n) is 7.23. The summed E-state index contributed by atoms with van der Waals surface area (Å²) in [5.41, 5.74) is 0. The Labute approximate surface area is 121 Å². The van der Waals surface area contributed by atoms with Gasteiger partial charge in [0.05, 0.1) is 12.0 Å². The Morgan fingerprint density at radius 1 is 1.20 bits per heavy atom. The van der Waals surface area contributed by atoms with Crippen molar-refractivity contribution in [1.29, 1.82) is 0 Å². The quantitative estimate of drug-likeness (QED) is 0.909. The highest BCUT2D eigenvalue weighted by Gasteiger charge is 2.28. The van der Waals surface area contributed by atoms with Crippen LogP contribution in [0.1, 0.15) is 39.0 Å². The van der Waals surface area contributed by atoms with Crippen LogP contribution in [0.15, 0.2) is 29.2 Å². The molecule has 0 radical (unpaired) electrons. The summed E-state index contributed by atoms with van der Waals surface area (Å²) in [5, 5.41) is 0. The van der Waals surface area contributed by atoms with E-state index in [4.69, 9.17) is 4.74 Å². The van der Waals surface area contributed by atoms with Crippen LogP contribution in [0.2, 0.25) is 0 Å². The van der Waals surface area contributed by atoms with E-state index in [2.05, 4.69) is 11.6 Å². The maximum absolute atomic E-state index is 12.4. The van der Waals surface area contributed by atoms with Crippen molar-refractivity contribution in [2.75, 3.05) is 7.11 Å². The molecule has 0 bridgehead atoms. The van der Waals surface area contributed by atoms with E-state index in [0.717, 1.165) is 25.7 Å². The minimum Gasteiger partial charge on any atom is -0.497 e. The van der Waals surface area contributed by atoms with E-state index in [1.165, 1.54) is 6.42 Å². The van der Waals surface area contributed by atoms with Crippen molar-refractivity contribution in [2.24, 2.45) is 5.92 Å². The minimum atomic E-state index is -3.43. The lowest BCUT2D eigenvalue weighted by Gasteiger charge is -2.31. The smallest absolute Gasteiger partial charge is 0.240 e. The highest BCUT2D eigenvalue weighted by atomic mass is 32.2. The first kappa shape index (κ1) is 15.3. The van der Waals surface area contributed by atoms with Crippen molar-refractivity contribution in [2.45, 2.75) is 50.0 Å². The number of benzene rings is 1. The van der Waals surface area contributed by atoms with Crippen LogP contribution >= 0.6 is 0 Å². The van der Waals surface area contributed by atoms with Crippen LogP contribution in [0.5, 0.6) is 5.75 Å². The molecule has 0 aliphatic heterocycles. The van der Waals surface area contributed by atoms with Crippen LogP contribution in [0.25, 0.3) is 0 Å². The Bertz CT molecular complexity index is 525. The fourth-order valence-electron chi connectivity index (χ4n) is 2.87. The standard InChI is InChI=1S/C15H23NO3S/c1-3-12-6-4-5-7-15(12)16-20(17,18)14-10-8-13(19-2)9-11-14/h8-12,15-16H,3-7H2,1-2H3. The third-order valence-electron chi connectivity index (χ3n) is 4.11. The van der Waals surface area contributed by atoms with Gasteiger partial charge in [-0.2, -0.15) is 0 Å². The third kappa shape index (κ3) is 3.52. The Hall–Kier alpha value is -1.07. The normalized spacial score (nSPS) is 23.5. The fraction of sp³-hybridized carbons (Fsp3) is 0.600. The van der Waals surface area contributed by atoms with Gasteiger partial charge in [-0.05, 0) is 43.0 Å². The molecule has 1 N–H and O–H groups in total. The molecule has 20 heavy (non-hydrogen) atoms. The molecule has 0 heterocycles. The summed E-state index contributed by atoms with van der Waals surface area (Å²) in [6, 6.07) is 6.59. The number of ether oxygens (including phenoxy) is 1. The topological polar surface area (TPSA) is 55.4 Å². The molecule has 2 atom stereocenters. The molecule has 0 saturated heterocycles. The van der Waals surface area contributed by atoms with E-state index in [1.54, 1.807) is 31.4 Å². The summed E-state index contributed by atoms with van der Waals surface area (Å²) in [6.45, 7) is 2.13. The summed E-state index contributed by atoms with van der Waals surface area (Å²) < 4.78 is 32.8. The third-order valence-corrected chi connectivity index (χ3v) is 5.62. The molecule has 2 rings (SSSR count). The molecule has 2 unspecified atom stereocenters. The first-order chi connectivity index (χ1) is 9.56. The average Bonchev–Trinajstić information content (AvgIpc) is 2.47. The van der Waals surface area contributed by atoms with E-state index in [9.17, 15) is 8.42 Å². The summed E-state index contributed by atoms with van der Waals surface area (Å²) in [4.78, 5) is 0.304. The van der Waals surface area contributed by atoms with Crippen molar-refractivity contribution in [3.63, 3.8) is 0 Å². The largest absolute Gasteiger partial charge is 0.497 e. The van der Waals surface area contributed by atoms with Crippen molar-refractivity contribution in [1.82, 2.24) is 4.72 Å². The van der Waals surface area contributed by atoms with Gasteiger partial charge in [-0.1, -0.05) is 26.2 Å². The molecule has 4 nitrogen and oxygen atoms in total. The zero-order valence-electron chi connectivity index (χ0n) is 12.1. The van der Waals surface area contributed by atoms with E-state index >= 15 is 0 Å². The van der Waals surface area contributed by atoms with E-state index in [0.29, 0.717) is 16.6 Å². The molecular formula is C15H23NO3S. The van der Waals surface area contributed by atoms with Crippen LogP contribution in [0.4, 0.5) is 0 Å². The van der Waals surface area contributed by atoms with Crippen LogP contribution in [-0.2, 0) is 10.0 Å². The number of methoxy groups -OCH3 is 1. The van der Waals surface area contributed by atoms with Gasteiger partial charge in [-0.15, -0.1) is 0 Å². The van der Waals surface area contributed by atoms with Crippen LogP contribution in [-0.4, -0.2) is 21.6 Å². The monoisotopic (exact) mass is 297 g/mol. The van der Waals surface area contributed by atoms with Crippen molar-refractivity contribution < 1.29 is 13.2 Å². The molecule has 1 saturated carbocycles. The molecule has 1 fully saturated rings. The number of nitrogens with one attached hydrogen (secondary N) is 1. The predicted molar refractivity (Wildman–Crippen MR) is 79.4 cm³/mol. The minimum absolute atomic E-state index is 0.0702. The second-order valence-electron chi connectivity index (χ2n) is 5.36.